The topological polar surface area (TPSA) is 26.3 Å². The number of rotatable bonds is 2. The largest absolute Gasteiger partial charge is 0.459 e. The van der Waals surface area contributed by atoms with E-state index in [1.807, 2.05) is 0 Å². The molecule has 3 heteroatoms. The Morgan fingerprint density at radius 1 is 1.42 bits per heavy atom. The zero-order valence-corrected chi connectivity index (χ0v) is 7.72. The van der Waals surface area contributed by atoms with Crippen molar-refractivity contribution in [1.82, 2.24) is 0 Å². The second-order valence-corrected chi connectivity index (χ2v) is 3.63. The maximum Gasteiger partial charge on any atom is 0.330 e. The smallest absolute Gasteiger partial charge is 0.330 e. The Morgan fingerprint density at radius 2 is 2.00 bits per heavy atom. The van der Waals surface area contributed by atoms with Crippen molar-refractivity contribution in [1.29, 1.82) is 0 Å². The van der Waals surface area contributed by atoms with E-state index in [0.29, 0.717) is 0 Å². The Morgan fingerprint density at radius 3 is 2.50 bits per heavy atom. The van der Waals surface area contributed by atoms with Crippen LogP contribution in [-0.2, 0) is 9.53 Å². The molecule has 0 aliphatic heterocycles. The van der Waals surface area contributed by atoms with Gasteiger partial charge in [0.25, 0.3) is 0 Å². The van der Waals surface area contributed by atoms with Crippen LogP contribution in [0.5, 0.6) is 0 Å². The van der Waals surface area contributed by atoms with Crippen LogP contribution in [-0.4, -0.2) is 17.5 Å². The Kier molecular flexibility index (Phi) is 3.60. The highest BCUT2D eigenvalue weighted by molar-refractivity contribution is 6.20. The first-order chi connectivity index (χ1) is 5.72. The first kappa shape index (κ1) is 9.59. The SMILES string of the molecule is C=CC(=O)OC1CCC(Cl)CC1. The molecule has 1 fully saturated rings. The number of hydrogen-bond acceptors (Lipinski definition) is 2. The van der Waals surface area contributed by atoms with Crippen LogP contribution in [0, 0.1) is 0 Å². The molecule has 0 saturated heterocycles. The molecule has 2 nitrogen and oxygen atoms in total. The maximum absolute atomic E-state index is 10.8. The molecule has 0 aromatic carbocycles. The van der Waals surface area contributed by atoms with Crippen molar-refractivity contribution in [3.63, 3.8) is 0 Å². The quantitative estimate of drug-likeness (QED) is 0.378. The van der Waals surface area contributed by atoms with E-state index in [1.54, 1.807) is 0 Å². The predicted octanol–water partition coefficient (Wildman–Crippen LogP) is 2.27. The molecule has 0 amide bonds. The van der Waals surface area contributed by atoms with Gasteiger partial charge in [0.2, 0.25) is 0 Å². The normalized spacial score (nSPS) is 29.4. The number of hydrogen-bond donors (Lipinski definition) is 0. The summed E-state index contributed by atoms with van der Waals surface area (Å²) in [5.41, 5.74) is 0. The molecule has 0 aromatic rings. The predicted molar refractivity (Wildman–Crippen MR) is 48.2 cm³/mol. The molecule has 68 valence electrons. The molecule has 0 unspecified atom stereocenters. The fraction of sp³-hybridized carbons (Fsp3) is 0.667. The molecule has 12 heavy (non-hydrogen) atoms. The minimum atomic E-state index is -0.326. The number of alkyl halides is 1. The molecule has 1 aliphatic carbocycles. The van der Waals surface area contributed by atoms with Crippen molar-refractivity contribution in [3.05, 3.63) is 12.7 Å². The van der Waals surface area contributed by atoms with E-state index in [2.05, 4.69) is 6.58 Å². The Balaban J connectivity index is 2.26. The molecule has 0 heterocycles. The van der Waals surface area contributed by atoms with Gasteiger partial charge in [-0.15, -0.1) is 11.6 Å². The average molecular weight is 189 g/mol. The summed E-state index contributed by atoms with van der Waals surface area (Å²) in [6.45, 7) is 3.34. The lowest BCUT2D eigenvalue weighted by atomic mass is 9.97. The van der Waals surface area contributed by atoms with Gasteiger partial charge in [0.15, 0.2) is 0 Å². The van der Waals surface area contributed by atoms with E-state index >= 15 is 0 Å². The summed E-state index contributed by atoms with van der Waals surface area (Å²) in [5.74, 6) is -0.326. The van der Waals surface area contributed by atoms with Gasteiger partial charge >= 0.3 is 5.97 Å². The summed E-state index contributed by atoms with van der Waals surface area (Å²) in [4.78, 5) is 10.8. The minimum absolute atomic E-state index is 0.0606. The molecule has 0 spiro atoms. The van der Waals surface area contributed by atoms with Crippen LogP contribution in [0.1, 0.15) is 25.7 Å². The standard InChI is InChI=1S/C9H13ClO2/c1-2-9(11)12-8-5-3-7(10)4-6-8/h2,7-8H,1,3-6H2. The molecule has 0 N–H and O–H groups in total. The fourth-order valence-corrected chi connectivity index (χ4v) is 1.60. The van der Waals surface area contributed by atoms with Crippen molar-refractivity contribution < 1.29 is 9.53 Å². The van der Waals surface area contributed by atoms with Gasteiger partial charge in [0.05, 0.1) is 0 Å². The Bertz CT molecular complexity index is 171. The zero-order valence-electron chi connectivity index (χ0n) is 6.96. The zero-order chi connectivity index (χ0) is 8.97. The van der Waals surface area contributed by atoms with Gasteiger partial charge in [0, 0.05) is 11.5 Å². The third-order valence-electron chi connectivity index (χ3n) is 2.05. The van der Waals surface area contributed by atoms with Crippen LogP contribution < -0.4 is 0 Å². The molecule has 0 atom stereocenters. The van der Waals surface area contributed by atoms with E-state index in [1.165, 1.54) is 6.08 Å². The summed E-state index contributed by atoms with van der Waals surface area (Å²) in [5, 5.41) is 0.267. The van der Waals surface area contributed by atoms with E-state index in [0.717, 1.165) is 25.7 Å². The first-order valence-corrected chi connectivity index (χ1v) is 4.63. The summed E-state index contributed by atoms with van der Waals surface area (Å²) in [6.07, 6.45) is 4.91. The van der Waals surface area contributed by atoms with Crippen molar-refractivity contribution in [3.8, 4) is 0 Å². The molecule has 0 bridgehead atoms. The lowest BCUT2D eigenvalue weighted by Crippen LogP contribution is -2.23. The number of carbonyl (C=O) groups excluding carboxylic acids is 1. The van der Waals surface area contributed by atoms with E-state index in [4.69, 9.17) is 16.3 Å². The third kappa shape index (κ3) is 2.86. The summed E-state index contributed by atoms with van der Waals surface area (Å²) in [6, 6.07) is 0. The summed E-state index contributed by atoms with van der Waals surface area (Å²) in [7, 11) is 0. The number of halogens is 1. The molecule has 1 aliphatic rings. The van der Waals surface area contributed by atoms with Crippen LogP contribution in [0.3, 0.4) is 0 Å². The average Bonchev–Trinajstić information content (AvgIpc) is 2.09. The highest BCUT2D eigenvalue weighted by atomic mass is 35.5. The van der Waals surface area contributed by atoms with Crippen molar-refractivity contribution in [2.45, 2.75) is 37.2 Å². The van der Waals surface area contributed by atoms with Crippen molar-refractivity contribution in [2.75, 3.05) is 0 Å². The Labute approximate surface area is 77.5 Å². The molecule has 0 aromatic heterocycles. The van der Waals surface area contributed by atoms with Gasteiger partial charge in [-0.3, -0.25) is 0 Å². The highest BCUT2D eigenvalue weighted by Gasteiger charge is 2.21. The van der Waals surface area contributed by atoms with E-state index in [-0.39, 0.29) is 17.5 Å². The van der Waals surface area contributed by atoms with Crippen LogP contribution in [0.15, 0.2) is 12.7 Å². The first-order valence-electron chi connectivity index (χ1n) is 4.19. The lowest BCUT2D eigenvalue weighted by Gasteiger charge is -2.24. The number of carbonyl (C=O) groups is 1. The van der Waals surface area contributed by atoms with Crippen molar-refractivity contribution >= 4 is 17.6 Å². The second kappa shape index (κ2) is 4.51. The van der Waals surface area contributed by atoms with Gasteiger partial charge < -0.3 is 4.74 Å². The van der Waals surface area contributed by atoms with Gasteiger partial charge in [-0.2, -0.15) is 0 Å². The Hall–Kier alpha value is -0.500. The van der Waals surface area contributed by atoms with E-state index in [9.17, 15) is 4.79 Å². The molecular weight excluding hydrogens is 176 g/mol. The van der Waals surface area contributed by atoms with Crippen LogP contribution in [0.25, 0.3) is 0 Å². The van der Waals surface area contributed by atoms with Gasteiger partial charge in [0.1, 0.15) is 6.10 Å². The molecule has 1 rings (SSSR count). The van der Waals surface area contributed by atoms with Gasteiger partial charge in [-0.1, -0.05) is 6.58 Å². The summed E-state index contributed by atoms with van der Waals surface area (Å²) >= 11 is 5.89. The van der Waals surface area contributed by atoms with Crippen LogP contribution in [0.2, 0.25) is 0 Å². The van der Waals surface area contributed by atoms with E-state index < -0.39 is 0 Å². The number of ether oxygens (including phenoxy) is 1. The van der Waals surface area contributed by atoms with Crippen LogP contribution >= 0.6 is 11.6 Å². The molecular formula is C9H13ClO2. The lowest BCUT2D eigenvalue weighted by molar-refractivity contribution is -0.144. The monoisotopic (exact) mass is 188 g/mol. The van der Waals surface area contributed by atoms with Crippen LogP contribution in [0.4, 0.5) is 0 Å². The maximum atomic E-state index is 10.8. The molecule has 1 saturated carbocycles. The second-order valence-electron chi connectivity index (χ2n) is 3.02. The van der Waals surface area contributed by atoms with Gasteiger partial charge in [-0.05, 0) is 25.7 Å². The molecule has 0 radical (unpaired) electrons. The highest BCUT2D eigenvalue weighted by Crippen LogP contribution is 2.24. The third-order valence-corrected chi connectivity index (χ3v) is 2.49. The minimum Gasteiger partial charge on any atom is -0.459 e. The fourth-order valence-electron chi connectivity index (χ4n) is 1.35. The summed E-state index contributed by atoms with van der Waals surface area (Å²) < 4.78 is 5.07. The van der Waals surface area contributed by atoms with Gasteiger partial charge in [-0.25, -0.2) is 4.79 Å². The van der Waals surface area contributed by atoms with Crippen molar-refractivity contribution in [2.24, 2.45) is 0 Å². The number of esters is 1.